The monoisotopic (exact) mass is 371 g/mol. The lowest BCUT2D eigenvalue weighted by Crippen LogP contribution is -2.10. The lowest BCUT2D eigenvalue weighted by molar-refractivity contribution is 0.0998. The maximum absolute atomic E-state index is 12.3. The van der Waals surface area contributed by atoms with Gasteiger partial charge in [-0.1, -0.05) is 18.2 Å². The van der Waals surface area contributed by atoms with Crippen molar-refractivity contribution in [3.05, 3.63) is 57.8 Å². The number of para-hydroxylation sites is 1. The number of hydrogen-bond donors (Lipinski definition) is 2. The third kappa shape index (κ3) is 3.11. The second kappa shape index (κ2) is 6.26. The summed E-state index contributed by atoms with van der Waals surface area (Å²) in [6, 6.07) is 9.20. The predicted molar refractivity (Wildman–Crippen MR) is 97.5 cm³/mol. The summed E-state index contributed by atoms with van der Waals surface area (Å²) in [5, 5.41) is 12.9. The van der Waals surface area contributed by atoms with Crippen LogP contribution in [0.25, 0.3) is 11.0 Å². The Bertz CT molecular complexity index is 1090. The summed E-state index contributed by atoms with van der Waals surface area (Å²) in [5.74, 6) is 0.716. The molecule has 1 aromatic carbocycles. The zero-order valence-corrected chi connectivity index (χ0v) is 14.8. The van der Waals surface area contributed by atoms with E-state index < -0.39 is 0 Å². The second-order valence-electron chi connectivity index (χ2n) is 5.43. The van der Waals surface area contributed by atoms with Gasteiger partial charge in [-0.15, -0.1) is 11.3 Å². The van der Waals surface area contributed by atoms with Crippen molar-refractivity contribution in [1.29, 1.82) is 0 Å². The van der Waals surface area contributed by atoms with E-state index in [2.05, 4.69) is 20.5 Å². The number of benzene rings is 1. The third-order valence-corrected chi connectivity index (χ3v) is 4.90. The Morgan fingerprint density at radius 2 is 2.28 bits per heavy atom. The second-order valence-corrected chi connectivity index (χ2v) is 6.67. The molecule has 7 nitrogen and oxygen atoms in total. The molecule has 0 aliphatic carbocycles. The van der Waals surface area contributed by atoms with E-state index in [9.17, 15) is 4.79 Å². The first kappa shape index (κ1) is 15.7. The number of thiazole rings is 1. The summed E-state index contributed by atoms with van der Waals surface area (Å²) in [4.78, 5) is 16.8. The number of aromatic nitrogens is 4. The lowest BCUT2D eigenvalue weighted by atomic mass is 10.2. The average Bonchev–Trinajstić information content (AvgIpc) is 3.30. The Morgan fingerprint density at radius 1 is 1.44 bits per heavy atom. The molecule has 0 aliphatic heterocycles. The first-order chi connectivity index (χ1) is 12.1. The van der Waals surface area contributed by atoms with Crippen LogP contribution in [0.1, 0.15) is 22.1 Å². The summed E-state index contributed by atoms with van der Waals surface area (Å²) in [7, 11) is 1.85. The van der Waals surface area contributed by atoms with E-state index in [1.54, 1.807) is 10.6 Å². The van der Waals surface area contributed by atoms with E-state index in [1.165, 1.54) is 11.3 Å². The van der Waals surface area contributed by atoms with Crippen molar-refractivity contribution in [2.45, 2.75) is 6.42 Å². The standard InChI is InChI=1S/C16H13N5O2S2/c1-21-13(19-20-16(21)24)7-10-8-25-15(17-10)18-14(22)12-6-9-4-2-3-5-11(9)23-12/h2-6,8H,7H2,1H3,(H,20,24)(H,17,18,22). The highest BCUT2D eigenvalue weighted by Gasteiger charge is 2.15. The van der Waals surface area contributed by atoms with E-state index in [-0.39, 0.29) is 11.7 Å². The van der Waals surface area contributed by atoms with Crippen LogP contribution >= 0.6 is 23.6 Å². The van der Waals surface area contributed by atoms with Gasteiger partial charge in [0.15, 0.2) is 15.7 Å². The number of anilines is 1. The zero-order valence-electron chi connectivity index (χ0n) is 13.1. The minimum atomic E-state index is -0.324. The maximum atomic E-state index is 12.3. The van der Waals surface area contributed by atoms with Crippen LogP contribution in [0.4, 0.5) is 5.13 Å². The SMILES string of the molecule is Cn1c(Cc2csc(NC(=O)c3cc4ccccc4o3)n2)n[nH]c1=S. The van der Waals surface area contributed by atoms with Gasteiger partial charge in [0, 0.05) is 17.8 Å². The van der Waals surface area contributed by atoms with Gasteiger partial charge in [0.05, 0.1) is 12.1 Å². The third-order valence-electron chi connectivity index (χ3n) is 3.73. The average molecular weight is 371 g/mol. The number of fused-ring (bicyclic) bond motifs is 1. The van der Waals surface area contributed by atoms with Crippen LogP contribution in [0.5, 0.6) is 0 Å². The Balaban J connectivity index is 1.49. The molecule has 0 unspecified atom stereocenters. The van der Waals surface area contributed by atoms with Gasteiger partial charge in [-0.2, -0.15) is 5.10 Å². The Labute approximate surface area is 151 Å². The number of rotatable bonds is 4. The van der Waals surface area contributed by atoms with Gasteiger partial charge in [-0.3, -0.25) is 15.2 Å². The van der Waals surface area contributed by atoms with Crippen molar-refractivity contribution < 1.29 is 9.21 Å². The van der Waals surface area contributed by atoms with Gasteiger partial charge in [0.1, 0.15) is 11.4 Å². The number of nitrogens with one attached hydrogen (secondary N) is 2. The lowest BCUT2D eigenvalue weighted by Gasteiger charge is -1.98. The molecular formula is C16H13N5O2S2. The van der Waals surface area contributed by atoms with Gasteiger partial charge >= 0.3 is 0 Å². The quantitative estimate of drug-likeness (QED) is 0.536. The molecule has 0 fully saturated rings. The molecule has 0 saturated carbocycles. The number of aromatic amines is 1. The van der Waals surface area contributed by atoms with E-state index >= 15 is 0 Å². The van der Waals surface area contributed by atoms with Crippen molar-refractivity contribution in [2.24, 2.45) is 7.05 Å². The van der Waals surface area contributed by atoms with E-state index in [4.69, 9.17) is 16.6 Å². The molecule has 4 rings (SSSR count). The highest BCUT2D eigenvalue weighted by atomic mass is 32.1. The Morgan fingerprint density at radius 3 is 3.04 bits per heavy atom. The van der Waals surface area contributed by atoms with Crippen LogP contribution in [0.2, 0.25) is 0 Å². The molecule has 0 saturated heterocycles. The fourth-order valence-corrected chi connectivity index (χ4v) is 3.25. The molecule has 0 aliphatic rings. The number of carbonyl (C=O) groups is 1. The summed E-state index contributed by atoms with van der Waals surface area (Å²) in [6.45, 7) is 0. The minimum absolute atomic E-state index is 0.257. The fraction of sp³-hybridized carbons (Fsp3) is 0.125. The molecule has 25 heavy (non-hydrogen) atoms. The molecule has 0 bridgehead atoms. The van der Waals surface area contributed by atoms with Crippen LogP contribution in [0, 0.1) is 4.77 Å². The van der Waals surface area contributed by atoms with Gasteiger partial charge in [0.2, 0.25) is 0 Å². The van der Waals surface area contributed by atoms with Crippen molar-refractivity contribution >= 4 is 45.6 Å². The molecule has 0 radical (unpaired) electrons. The molecule has 9 heteroatoms. The van der Waals surface area contributed by atoms with Crippen molar-refractivity contribution in [1.82, 2.24) is 19.7 Å². The number of furan rings is 1. The highest BCUT2D eigenvalue weighted by molar-refractivity contribution is 7.71. The van der Waals surface area contributed by atoms with Gasteiger partial charge in [-0.05, 0) is 24.4 Å². The Hall–Kier alpha value is -2.78. The molecular weight excluding hydrogens is 358 g/mol. The number of hydrogen-bond acceptors (Lipinski definition) is 6. The summed E-state index contributed by atoms with van der Waals surface area (Å²) >= 11 is 6.45. The molecule has 126 valence electrons. The normalized spacial score (nSPS) is 11.1. The van der Waals surface area contributed by atoms with Crippen LogP contribution in [-0.2, 0) is 13.5 Å². The van der Waals surface area contributed by atoms with Crippen molar-refractivity contribution in [3.63, 3.8) is 0 Å². The Kier molecular flexibility index (Phi) is 3.94. The molecule has 0 spiro atoms. The fourth-order valence-electron chi connectivity index (χ4n) is 2.40. The number of nitrogens with zero attached hydrogens (tertiary/aromatic N) is 3. The zero-order chi connectivity index (χ0) is 17.4. The molecule has 1 amide bonds. The molecule has 0 atom stereocenters. The largest absolute Gasteiger partial charge is 0.451 e. The van der Waals surface area contributed by atoms with Gasteiger partial charge in [0.25, 0.3) is 5.91 Å². The maximum Gasteiger partial charge on any atom is 0.293 e. The van der Waals surface area contributed by atoms with Crippen LogP contribution in [0.3, 0.4) is 0 Å². The number of carbonyl (C=O) groups excluding carboxylic acids is 1. The molecule has 2 N–H and O–H groups in total. The topological polar surface area (TPSA) is 88.7 Å². The van der Waals surface area contributed by atoms with E-state index in [1.807, 2.05) is 36.7 Å². The number of amides is 1. The highest BCUT2D eigenvalue weighted by Crippen LogP contribution is 2.22. The number of H-pyrrole nitrogens is 1. The molecule has 3 heterocycles. The first-order valence-electron chi connectivity index (χ1n) is 7.45. The molecule has 3 aromatic heterocycles. The molecule has 4 aromatic rings. The summed E-state index contributed by atoms with van der Waals surface area (Å²) < 4.78 is 7.91. The summed E-state index contributed by atoms with van der Waals surface area (Å²) in [6.07, 6.45) is 0.528. The summed E-state index contributed by atoms with van der Waals surface area (Å²) in [5.41, 5.74) is 1.49. The van der Waals surface area contributed by atoms with Crippen LogP contribution in [0.15, 0.2) is 40.1 Å². The first-order valence-corrected chi connectivity index (χ1v) is 8.73. The smallest absolute Gasteiger partial charge is 0.293 e. The van der Waals surface area contributed by atoms with Crippen LogP contribution in [-0.4, -0.2) is 25.7 Å². The van der Waals surface area contributed by atoms with Crippen molar-refractivity contribution in [3.8, 4) is 0 Å². The van der Waals surface area contributed by atoms with Crippen LogP contribution < -0.4 is 5.32 Å². The van der Waals surface area contributed by atoms with Crippen molar-refractivity contribution in [2.75, 3.05) is 5.32 Å². The van der Waals surface area contributed by atoms with E-state index in [0.29, 0.717) is 21.9 Å². The van der Waals surface area contributed by atoms with E-state index in [0.717, 1.165) is 16.9 Å². The minimum Gasteiger partial charge on any atom is -0.451 e. The van der Waals surface area contributed by atoms with Gasteiger partial charge < -0.3 is 8.98 Å². The van der Waals surface area contributed by atoms with Gasteiger partial charge in [-0.25, -0.2) is 4.98 Å². The predicted octanol–water partition coefficient (Wildman–Crippen LogP) is 3.52.